The zero-order chi connectivity index (χ0) is 12.8. The van der Waals surface area contributed by atoms with Crippen LogP contribution >= 0.6 is 0 Å². The lowest BCUT2D eigenvalue weighted by Gasteiger charge is -2.41. The van der Waals surface area contributed by atoms with Gasteiger partial charge in [-0.2, -0.15) is 8.42 Å². The Kier molecular flexibility index (Phi) is 6.42. The Hall–Kier alpha value is -0.210. The number of hydrogen-bond acceptors (Lipinski definition) is 4. The maximum absolute atomic E-state index is 9.33. The van der Waals surface area contributed by atoms with Crippen LogP contribution in [0.4, 0.5) is 0 Å². The highest BCUT2D eigenvalue weighted by Crippen LogP contribution is 2.12. The van der Waals surface area contributed by atoms with E-state index < -0.39 is 10.4 Å². The molecule has 0 saturated carbocycles. The fourth-order valence-electron chi connectivity index (χ4n) is 1.28. The second-order valence-corrected chi connectivity index (χ2v) is 5.42. The molecule has 16 heavy (non-hydrogen) atoms. The number of likely N-dealkylation sites (N-methyl/N-ethyl adjacent to an activating group) is 1. The van der Waals surface area contributed by atoms with Gasteiger partial charge in [-0.15, -0.1) is 0 Å². The van der Waals surface area contributed by atoms with E-state index in [-0.39, 0.29) is 0 Å². The predicted molar refractivity (Wildman–Crippen MR) is 60.4 cm³/mol. The van der Waals surface area contributed by atoms with E-state index >= 15 is 0 Å². The molecule has 0 aromatic carbocycles. The van der Waals surface area contributed by atoms with Gasteiger partial charge < -0.3 is 9.22 Å². The fraction of sp³-hybridized carbons (Fsp3) is 1.00. The summed E-state index contributed by atoms with van der Waals surface area (Å²) in [5, 5.41) is 0. The molecule has 0 bridgehead atoms. The first-order valence-corrected chi connectivity index (χ1v) is 6.53. The highest BCUT2D eigenvalue weighted by Gasteiger charge is 2.27. The molecule has 0 radical (unpaired) electrons. The Labute approximate surface area is 97.7 Å². The second kappa shape index (κ2) is 6.51. The molecule has 1 fully saturated rings. The third-order valence-corrected chi connectivity index (χ3v) is 3.37. The predicted octanol–water partition coefficient (Wildman–Crippen LogP) is 0.307. The Morgan fingerprint density at radius 1 is 1.31 bits per heavy atom. The molecular weight excluding hydrogens is 234 g/mol. The first kappa shape index (κ1) is 15.8. The van der Waals surface area contributed by atoms with Crippen LogP contribution in [0.3, 0.4) is 0 Å². The van der Waals surface area contributed by atoms with Gasteiger partial charge in [0.15, 0.2) is 0 Å². The van der Waals surface area contributed by atoms with E-state index in [0.717, 1.165) is 26.4 Å². The SMILES string of the molecule is CC(C)[N+]1(C)CCOCC1.COS(=O)(=O)O. The maximum Gasteiger partial charge on any atom is 0.397 e. The number of rotatable bonds is 2. The molecule has 1 rings (SSSR count). The van der Waals surface area contributed by atoms with Crippen molar-refractivity contribution in [2.24, 2.45) is 0 Å². The van der Waals surface area contributed by atoms with Gasteiger partial charge in [-0.1, -0.05) is 0 Å². The van der Waals surface area contributed by atoms with Gasteiger partial charge in [0.2, 0.25) is 0 Å². The van der Waals surface area contributed by atoms with Gasteiger partial charge in [-0.25, -0.2) is 0 Å². The van der Waals surface area contributed by atoms with E-state index in [1.165, 1.54) is 17.6 Å². The second-order valence-electron chi connectivity index (χ2n) is 4.23. The number of morpholine rings is 1. The molecule has 0 aromatic heterocycles. The van der Waals surface area contributed by atoms with Gasteiger partial charge in [0.1, 0.15) is 13.1 Å². The van der Waals surface area contributed by atoms with Crippen molar-refractivity contribution >= 4 is 10.4 Å². The zero-order valence-electron chi connectivity index (χ0n) is 10.3. The van der Waals surface area contributed by atoms with Crippen molar-refractivity contribution in [2.45, 2.75) is 19.9 Å². The molecule has 6 nitrogen and oxygen atoms in total. The summed E-state index contributed by atoms with van der Waals surface area (Å²) in [4.78, 5) is 0. The molecule has 0 aliphatic carbocycles. The number of ether oxygens (including phenoxy) is 1. The Morgan fingerprint density at radius 3 is 1.88 bits per heavy atom. The average Bonchev–Trinajstić information content (AvgIpc) is 2.18. The first-order valence-electron chi connectivity index (χ1n) is 5.16. The molecule has 0 amide bonds. The summed E-state index contributed by atoms with van der Waals surface area (Å²) in [6.07, 6.45) is 0. The zero-order valence-corrected chi connectivity index (χ0v) is 11.2. The number of hydrogen-bond donors (Lipinski definition) is 1. The Bertz CT molecular complexity index is 282. The van der Waals surface area contributed by atoms with Gasteiger partial charge in [0, 0.05) is 0 Å². The van der Waals surface area contributed by atoms with Crippen molar-refractivity contribution in [1.29, 1.82) is 0 Å². The number of quaternary nitrogens is 1. The highest BCUT2D eigenvalue weighted by atomic mass is 32.3. The summed E-state index contributed by atoms with van der Waals surface area (Å²) in [6.45, 7) is 8.80. The number of nitrogens with zero attached hydrogens (tertiary/aromatic N) is 1. The van der Waals surface area contributed by atoms with Gasteiger partial charge in [-0.05, 0) is 13.8 Å². The summed E-state index contributed by atoms with van der Waals surface area (Å²) in [5.41, 5.74) is 0. The topological polar surface area (TPSA) is 72.8 Å². The van der Waals surface area contributed by atoms with Crippen LogP contribution in [0, 0.1) is 0 Å². The third-order valence-electron chi connectivity index (χ3n) is 2.95. The van der Waals surface area contributed by atoms with E-state index in [1.807, 2.05) is 0 Å². The molecule has 1 aliphatic heterocycles. The molecule has 0 spiro atoms. The monoisotopic (exact) mass is 256 g/mol. The van der Waals surface area contributed by atoms with Gasteiger partial charge >= 0.3 is 10.4 Å². The van der Waals surface area contributed by atoms with Gasteiger partial charge in [-0.3, -0.25) is 8.74 Å². The molecule has 1 heterocycles. The van der Waals surface area contributed by atoms with Crippen molar-refractivity contribution in [3.63, 3.8) is 0 Å². The van der Waals surface area contributed by atoms with Crippen molar-refractivity contribution in [3.05, 3.63) is 0 Å². The summed E-state index contributed by atoms with van der Waals surface area (Å²) in [5.74, 6) is 0. The van der Waals surface area contributed by atoms with Crippen molar-refractivity contribution in [3.8, 4) is 0 Å². The van der Waals surface area contributed by atoms with Crippen LogP contribution in [0.2, 0.25) is 0 Å². The summed E-state index contributed by atoms with van der Waals surface area (Å²) in [7, 11) is -0.979. The standard InChI is InChI=1S/C8H18NO.CH4O4S/c1-8(2)9(3)4-6-10-7-5-9;1-5-6(2,3)4/h8H,4-7H2,1-3H3;1H3,(H,2,3,4)/q+1;. The van der Waals surface area contributed by atoms with Crippen LogP contribution < -0.4 is 0 Å². The fourth-order valence-corrected chi connectivity index (χ4v) is 1.28. The summed E-state index contributed by atoms with van der Waals surface area (Å²) >= 11 is 0. The third kappa shape index (κ3) is 6.39. The van der Waals surface area contributed by atoms with Crippen LogP contribution in [-0.4, -0.2) is 64.0 Å². The minimum Gasteiger partial charge on any atom is -0.370 e. The molecule has 0 unspecified atom stereocenters. The van der Waals surface area contributed by atoms with Crippen molar-refractivity contribution in [2.75, 3.05) is 40.5 Å². The minimum absolute atomic E-state index is 0.740. The molecule has 0 aromatic rings. The van der Waals surface area contributed by atoms with Crippen molar-refractivity contribution < 1.29 is 26.4 Å². The van der Waals surface area contributed by atoms with Crippen LogP contribution in [0.1, 0.15) is 13.8 Å². The first-order chi connectivity index (χ1) is 7.21. The lowest BCUT2D eigenvalue weighted by atomic mass is 10.2. The molecule has 0 atom stereocenters. The van der Waals surface area contributed by atoms with E-state index in [2.05, 4.69) is 25.1 Å². The average molecular weight is 256 g/mol. The van der Waals surface area contributed by atoms with Gasteiger partial charge in [0.25, 0.3) is 0 Å². The van der Waals surface area contributed by atoms with Gasteiger partial charge in [0.05, 0.1) is 33.4 Å². The largest absolute Gasteiger partial charge is 0.397 e. The molecule has 1 saturated heterocycles. The normalized spacial score (nSPS) is 20.1. The quantitative estimate of drug-likeness (QED) is 0.568. The maximum atomic E-state index is 9.33. The lowest BCUT2D eigenvalue weighted by molar-refractivity contribution is -0.936. The summed E-state index contributed by atoms with van der Waals surface area (Å²) in [6, 6.07) is 0.740. The van der Waals surface area contributed by atoms with Crippen molar-refractivity contribution in [1.82, 2.24) is 0 Å². The molecule has 7 heteroatoms. The van der Waals surface area contributed by atoms with E-state index in [9.17, 15) is 8.42 Å². The molecule has 1 aliphatic rings. The van der Waals surface area contributed by atoms with Crippen LogP contribution in [0.15, 0.2) is 0 Å². The molecule has 1 N–H and O–H groups in total. The Balaban J connectivity index is 0.000000325. The Morgan fingerprint density at radius 2 is 1.69 bits per heavy atom. The molecule has 98 valence electrons. The molecular formula is C9H22NO5S+. The van der Waals surface area contributed by atoms with E-state index in [1.54, 1.807) is 0 Å². The van der Waals surface area contributed by atoms with Crippen LogP contribution in [-0.2, 0) is 19.3 Å². The highest BCUT2D eigenvalue weighted by molar-refractivity contribution is 7.80. The van der Waals surface area contributed by atoms with E-state index in [0.29, 0.717) is 0 Å². The van der Waals surface area contributed by atoms with Crippen LogP contribution in [0.25, 0.3) is 0 Å². The smallest absolute Gasteiger partial charge is 0.370 e. The summed E-state index contributed by atoms with van der Waals surface area (Å²) < 4.78 is 36.2. The lowest BCUT2D eigenvalue weighted by Crippen LogP contribution is -2.56. The minimum atomic E-state index is -4.16. The van der Waals surface area contributed by atoms with E-state index in [4.69, 9.17) is 9.29 Å². The van der Waals surface area contributed by atoms with Crippen LogP contribution in [0.5, 0.6) is 0 Å².